The van der Waals surface area contributed by atoms with Crippen molar-refractivity contribution in [2.75, 3.05) is 5.73 Å². The number of halogens is 3. The van der Waals surface area contributed by atoms with Crippen molar-refractivity contribution in [3.05, 3.63) is 51.7 Å². The summed E-state index contributed by atoms with van der Waals surface area (Å²) in [6.07, 6.45) is -4.42. The Bertz CT molecular complexity index is 622. The summed E-state index contributed by atoms with van der Waals surface area (Å²) in [5, 5.41) is 1.64. The van der Waals surface area contributed by atoms with Crippen molar-refractivity contribution in [1.29, 1.82) is 0 Å². The van der Waals surface area contributed by atoms with Crippen molar-refractivity contribution in [2.24, 2.45) is 0 Å². The highest BCUT2D eigenvalue weighted by molar-refractivity contribution is 7.12. The van der Waals surface area contributed by atoms with Gasteiger partial charge in [0.15, 0.2) is 0 Å². The third kappa shape index (κ3) is 3.30. The number of esters is 1. The van der Waals surface area contributed by atoms with Gasteiger partial charge in [0, 0.05) is 0 Å². The number of rotatable bonds is 3. The molecule has 0 bridgehead atoms. The van der Waals surface area contributed by atoms with Crippen molar-refractivity contribution in [3.63, 3.8) is 0 Å². The molecule has 2 aromatic rings. The lowest BCUT2D eigenvalue weighted by Crippen LogP contribution is -2.08. The Morgan fingerprint density at radius 3 is 2.65 bits per heavy atom. The largest absolute Gasteiger partial charge is 0.457 e. The third-order valence-electron chi connectivity index (χ3n) is 2.51. The normalized spacial score (nSPS) is 11.3. The Labute approximate surface area is 116 Å². The number of thiophene rings is 1. The van der Waals surface area contributed by atoms with E-state index in [0.717, 1.165) is 23.5 Å². The van der Waals surface area contributed by atoms with Gasteiger partial charge in [0.05, 0.1) is 11.3 Å². The van der Waals surface area contributed by atoms with E-state index in [-0.39, 0.29) is 17.0 Å². The van der Waals surface area contributed by atoms with Crippen LogP contribution in [0.25, 0.3) is 0 Å². The third-order valence-corrected chi connectivity index (χ3v) is 3.42. The van der Waals surface area contributed by atoms with E-state index in [4.69, 9.17) is 10.5 Å². The molecule has 1 heterocycles. The molecule has 0 aliphatic rings. The molecular formula is C13H10F3NO2S. The van der Waals surface area contributed by atoms with E-state index in [1.165, 1.54) is 12.1 Å². The standard InChI is InChI=1S/C13H10F3NO2S/c14-13(15,16)9-3-1-2-8(6-9)7-19-12(18)11-10(17)4-5-20-11/h1-6H,7,17H2. The van der Waals surface area contributed by atoms with Crippen LogP contribution in [0.5, 0.6) is 0 Å². The highest BCUT2D eigenvalue weighted by Crippen LogP contribution is 2.29. The number of carbonyl (C=O) groups excluding carboxylic acids is 1. The minimum Gasteiger partial charge on any atom is -0.457 e. The molecule has 3 nitrogen and oxygen atoms in total. The van der Waals surface area contributed by atoms with Crippen LogP contribution in [-0.2, 0) is 17.5 Å². The number of ether oxygens (including phenoxy) is 1. The lowest BCUT2D eigenvalue weighted by molar-refractivity contribution is -0.137. The van der Waals surface area contributed by atoms with Crippen molar-refractivity contribution in [3.8, 4) is 0 Å². The molecule has 2 N–H and O–H groups in total. The van der Waals surface area contributed by atoms with E-state index in [1.807, 2.05) is 0 Å². The number of nitrogens with two attached hydrogens (primary N) is 1. The number of carbonyl (C=O) groups is 1. The van der Waals surface area contributed by atoms with E-state index < -0.39 is 17.7 Å². The molecule has 0 saturated heterocycles. The summed E-state index contributed by atoms with van der Waals surface area (Å²) in [6, 6.07) is 6.20. The van der Waals surface area contributed by atoms with E-state index in [2.05, 4.69) is 0 Å². The Morgan fingerprint density at radius 2 is 2.05 bits per heavy atom. The topological polar surface area (TPSA) is 52.3 Å². The van der Waals surface area contributed by atoms with Gasteiger partial charge in [-0.1, -0.05) is 12.1 Å². The zero-order chi connectivity index (χ0) is 14.8. The average molecular weight is 301 g/mol. The maximum atomic E-state index is 12.5. The highest BCUT2D eigenvalue weighted by Gasteiger charge is 2.30. The van der Waals surface area contributed by atoms with Crippen LogP contribution in [0.1, 0.15) is 20.8 Å². The Morgan fingerprint density at radius 1 is 1.30 bits per heavy atom. The van der Waals surface area contributed by atoms with Crippen molar-refractivity contribution in [2.45, 2.75) is 12.8 Å². The predicted octanol–water partition coefficient (Wildman–Crippen LogP) is 3.71. The first-order valence-electron chi connectivity index (χ1n) is 5.54. The van der Waals surface area contributed by atoms with Crippen LogP contribution in [0.2, 0.25) is 0 Å². The predicted molar refractivity (Wildman–Crippen MR) is 69.3 cm³/mol. The molecule has 0 fully saturated rings. The van der Waals surface area contributed by atoms with Crippen LogP contribution in [0.4, 0.5) is 18.9 Å². The molecule has 7 heteroatoms. The van der Waals surface area contributed by atoms with Crippen LogP contribution in [-0.4, -0.2) is 5.97 Å². The summed E-state index contributed by atoms with van der Waals surface area (Å²) in [4.78, 5) is 11.9. The second kappa shape index (κ2) is 5.54. The van der Waals surface area contributed by atoms with Gasteiger partial charge >= 0.3 is 12.1 Å². The molecule has 0 unspecified atom stereocenters. The lowest BCUT2D eigenvalue weighted by Gasteiger charge is -2.09. The van der Waals surface area contributed by atoms with Gasteiger partial charge in [0.2, 0.25) is 0 Å². The minimum absolute atomic E-state index is 0.236. The molecule has 106 valence electrons. The smallest absolute Gasteiger partial charge is 0.416 e. The molecule has 2 rings (SSSR count). The summed E-state index contributed by atoms with van der Waals surface area (Å²) in [5.74, 6) is -0.644. The molecule has 0 amide bonds. The fraction of sp³-hybridized carbons (Fsp3) is 0.154. The zero-order valence-electron chi connectivity index (χ0n) is 10.1. The maximum absolute atomic E-state index is 12.5. The fourth-order valence-corrected chi connectivity index (χ4v) is 2.25. The summed E-state index contributed by atoms with van der Waals surface area (Å²) in [7, 11) is 0. The first-order valence-corrected chi connectivity index (χ1v) is 6.42. The van der Waals surface area contributed by atoms with E-state index in [9.17, 15) is 18.0 Å². The van der Waals surface area contributed by atoms with Crippen LogP contribution in [0.15, 0.2) is 35.7 Å². The van der Waals surface area contributed by atoms with Gasteiger partial charge in [0.25, 0.3) is 0 Å². The number of hydrogen-bond donors (Lipinski definition) is 1. The van der Waals surface area contributed by atoms with Crippen molar-refractivity contribution < 1.29 is 22.7 Å². The van der Waals surface area contributed by atoms with E-state index in [0.29, 0.717) is 5.69 Å². The quantitative estimate of drug-likeness (QED) is 0.879. The fourth-order valence-electron chi connectivity index (χ4n) is 1.54. The van der Waals surface area contributed by atoms with Crippen LogP contribution < -0.4 is 5.73 Å². The Kier molecular flexibility index (Phi) is 3.99. The van der Waals surface area contributed by atoms with Crippen LogP contribution in [0, 0.1) is 0 Å². The molecule has 0 radical (unpaired) electrons. The van der Waals surface area contributed by atoms with Gasteiger partial charge < -0.3 is 10.5 Å². The Balaban J connectivity index is 2.05. The number of anilines is 1. The molecular weight excluding hydrogens is 291 g/mol. The van der Waals surface area contributed by atoms with Crippen LogP contribution in [0.3, 0.4) is 0 Å². The van der Waals surface area contributed by atoms with E-state index >= 15 is 0 Å². The van der Waals surface area contributed by atoms with Gasteiger partial charge in [-0.2, -0.15) is 13.2 Å². The zero-order valence-corrected chi connectivity index (χ0v) is 10.9. The van der Waals surface area contributed by atoms with Gasteiger partial charge in [-0.05, 0) is 29.1 Å². The number of hydrogen-bond acceptors (Lipinski definition) is 4. The van der Waals surface area contributed by atoms with Crippen LogP contribution >= 0.6 is 11.3 Å². The highest BCUT2D eigenvalue weighted by atomic mass is 32.1. The molecule has 0 saturated carbocycles. The molecule has 1 aromatic carbocycles. The van der Waals surface area contributed by atoms with Crippen molar-refractivity contribution >= 4 is 23.0 Å². The number of benzene rings is 1. The second-order valence-electron chi connectivity index (χ2n) is 3.98. The van der Waals surface area contributed by atoms with Gasteiger partial charge in [-0.15, -0.1) is 11.3 Å². The first-order chi connectivity index (χ1) is 9.38. The molecule has 0 aliphatic heterocycles. The molecule has 0 spiro atoms. The minimum atomic E-state index is -4.42. The van der Waals surface area contributed by atoms with Gasteiger partial charge in [0.1, 0.15) is 11.5 Å². The summed E-state index contributed by atoms with van der Waals surface area (Å²) < 4.78 is 42.5. The average Bonchev–Trinajstić information content (AvgIpc) is 2.82. The lowest BCUT2D eigenvalue weighted by atomic mass is 10.1. The summed E-state index contributed by atoms with van der Waals surface area (Å²) in [5.41, 5.74) is 5.34. The molecule has 20 heavy (non-hydrogen) atoms. The molecule has 0 aliphatic carbocycles. The first kappa shape index (κ1) is 14.4. The van der Waals surface area contributed by atoms with E-state index in [1.54, 1.807) is 11.4 Å². The SMILES string of the molecule is Nc1ccsc1C(=O)OCc1cccc(C(F)(F)F)c1. The number of alkyl halides is 3. The monoisotopic (exact) mass is 301 g/mol. The van der Waals surface area contributed by atoms with Gasteiger partial charge in [-0.25, -0.2) is 4.79 Å². The second-order valence-corrected chi connectivity index (χ2v) is 4.90. The van der Waals surface area contributed by atoms with Gasteiger partial charge in [-0.3, -0.25) is 0 Å². The molecule has 1 aromatic heterocycles. The summed E-state index contributed by atoms with van der Waals surface area (Å²) >= 11 is 1.12. The Hall–Kier alpha value is -2.02. The summed E-state index contributed by atoms with van der Waals surface area (Å²) in [6.45, 7) is -0.236. The number of nitrogen functional groups attached to an aromatic ring is 1. The maximum Gasteiger partial charge on any atom is 0.416 e. The van der Waals surface area contributed by atoms with Crippen molar-refractivity contribution in [1.82, 2.24) is 0 Å². The molecule has 0 atom stereocenters.